The molecule has 0 aliphatic heterocycles. The van der Waals surface area contributed by atoms with Crippen LogP contribution in [0.15, 0.2) is 0 Å². The van der Waals surface area contributed by atoms with Gasteiger partial charge in [0.25, 0.3) is 0 Å². The molecule has 0 aromatic carbocycles. The number of carbonyl (C=O) groups is 1. The summed E-state index contributed by atoms with van der Waals surface area (Å²) >= 11 is 0. The Kier molecular flexibility index (Phi) is 4.64. The van der Waals surface area contributed by atoms with Gasteiger partial charge < -0.3 is 10.6 Å². The Morgan fingerprint density at radius 3 is 2.67 bits per heavy atom. The fraction of sp³-hybridized carbons (Fsp3) is 0.750. The average molecular weight is 208 g/mol. The van der Waals surface area contributed by atoms with Gasteiger partial charge in [0.15, 0.2) is 0 Å². The summed E-state index contributed by atoms with van der Waals surface area (Å²) in [6.07, 6.45) is 10.2. The highest BCUT2D eigenvalue weighted by molar-refractivity contribution is 5.82. The van der Waals surface area contributed by atoms with Crippen LogP contribution in [0.4, 0.5) is 0 Å². The Bertz CT molecular complexity index is 251. The van der Waals surface area contributed by atoms with Crippen molar-refractivity contribution < 1.29 is 4.79 Å². The smallest absolute Gasteiger partial charge is 0.240 e. The topological polar surface area (TPSA) is 46.3 Å². The fourth-order valence-corrected chi connectivity index (χ4v) is 2.24. The third-order valence-corrected chi connectivity index (χ3v) is 3.04. The van der Waals surface area contributed by atoms with Crippen molar-refractivity contribution in [3.63, 3.8) is 0 Å². The lowest BCUT2D eigenvalue weighted by Crippen LogP contribution is -2.47. The van der Waals surface area contributed by atoms with Crippen LogP contribution in [-0.4, -0.2) is 29.4 Å². The summed E-state index contributed by atoms with van der Waals surface area (Å²) in [7, 11) is 0. The number of rotatable bonds is 4. The zero-order valence-electron chi connectivity index (χ0n) is 9.41. The van der Waals surface area contributed by atoms with Crippen LogP contribution in [0.2, 0.25) is 0 Å². The van der Waals surface area contributed by atoms with E-state index in [9.17, 15) is 4.79 Å². The van der Waals surface area contributed by atoms with Crippen LogP contribution in [0.5, 0.6) is 0 Å². The molecule has 1 atom stereocenters. The summed E-state index contributed by atoms with van der Waals surface area (Å²) in [5.74, 6) is 2.46. The first-order valence-electron chi connectivity index (χ1n) is 5.70. The Hall–Kier alpha value is -1.01. The first-order chi connectivity index (χ1) is 7.20. The molecule has 0 aromatic heterocycles. The molecule has 0 saturated heterocycles. The summed E-state index contributed by atoms with van der Waals surface area (Å²) in [4.78, 5) is 13.9. The SMILES string of the molecule is C#CCC(N)C(=O)N(CC)C1CCCC1. The molecule has 1 amide bonds. The largest absolute Gasteiger partial charge is 0.339 e. The Balaban J connectivity index is 2.57. The highest BCUT2D eigenvalue weighted by Gasteiger charge is 2.27. The van der Waals surface area contributed by atoms with E-state index in [0.29, 0.717) is 12.5 Å². The summed E-state index contributed by atoms with van der Waals surface area (Å²) in [6.45, 7) is 2.74. The fourth-order valence-electron chi connectivity index (χ4n) is 2.24. The van der Waals surface area contributed by atoms with E-state index in [-0.39, 0.29) is 5.91 Å². The van der Waals surface area contributed by atoms with Crippen molar-refractivity contribution in [1.29, 1.82) is 0 Å². The quantitative estimate of drug-likeness (QED) is 0.704. The maximum absolute atomic E-state index is 12.0. The van der Waals surface area contributed by atoms with Crippen molar-refractivity contribution >= 4 is 5.91 Å². The maximum atomic E-state index is 12.0. The molecule has 84 valence electrons. The van der Waals surface area contributed by atoms with E-state index in [0.717, 1.165) is 19.4 Å². The second kappa shape index (κ2) is 5.77. The Morgan fingerprint density at radius 2 is 2.20 bits per heavy atom. The maximum Gasteiger partial charge on any atom is 0.240 e. The molecular weight excluding hydrogens is 188 g/mol. The summed E-state index contributed by atoms with van der Waals surface area (Å²) in [5.41, 5.74) is 5.74. The average Bonchev–Trinajstić information content (AvgIpc) is 2.72. The number of hydrogen-bond acceptors (Lipinski definition) is 2. The second-order valence-corrected chi connectivity index (χ2v) is 4.08. The predicted molar refractivity (Wildman–Crippen MR) is 61.1 cm³/mol. The lowest BCUT2D eigenvalue weighted by atomic mass is 10.1. The molecule has 0 radical (unpaired) electrons. The van der Waals surface area contributed by atoms with E-state index in [1.54, 1.807) is 0 Å². The molecule has 2 N–H and O–H groups in total. The summed E-state index contributed by atoms with van der Waals surface area (Å²) in [6, 6.07) is -0.123. The van der Waals surface area contributed by atoms with E-state index in [4.69, 9.17) is 12.2 Å². The zero-order valence-corrected chi connectivity index (χ0v) is 9.41. The Labute approximate surface area is 92.0 Å². The van der Waals surface area contributed by atoms with E-state index < -0.39 is 6.04 Å². The van der Waals surface area contributed by atoms with Gasteiger partial charge in [0.05, 0.1) is 6.04 Å². The third kappa shape index (κ3) is 2.97. The Morgan fingerprint density at radius 1 is 1.60 bits per heavy atom. The third-order valence-electron chi connectivity index (χ3n) is 3.04. The number of amides is 1. The zero-order chi connectivity index (χ0) is 11.3. The number of terminal acetylenes is 1. The number of nitrogens with zero attached hydrogens (tertiary/aromatic N) is 1. The highest BCUT2D eigenvalue weighted by Crippen LogP contribution is 2.23. The lowest BCUT2D eigenvalue weighted by Gasteiger charge is -2.29. The van der Waals surface area contributed by atoms with Gasteiger partial charge >= 0.3 is 0 Å². The minimum atomic E-state index is -0.518. The van der Waals surface area contributed by atoms with Crippen LogP contribution in [0.25, 0.3) is 0 Å². The van der Waals surface area contributed by atoms with Gasteiger partial charge in [0.2, 0.25) is 5.91 Å². The first-order valence-corrected chi connectivity index (χ1v) is 5.70. The summed E-state index contributed by atoms with van der Waals surface area (Å²) < 4.78 is 0. The first kappa shape index (κ1) is 12.1. The molecule has 0 spiro atoms. The second-order valence-electron chi connectivity index (χ2n) is 4.08. The van der Waals surface area contributed by atoms with E-state index in [1.807, 2.05) is 11.8 Å². The van der Waals surface area contributed by atoms with Gasteiger partial charge in [0, 0.05) is 19.0 Å². The molecule has 3 nitrogen and oxygen atoms in total. The van der Waals surface area contributed by atoms with E-state index in [2.05, 4.69) is 5.92 Å². The van der Waals surface area contributed by atoms with Crippen molar-refractivity contribution in [1.82, 2.24) is 4.90 Å². The van der Waals surface area contributed by atoms with Gasteiger partial charge in [0.1, 0.15) is 0 Å². The van der Waals surface area contributed by atoms with Crippen LogP contribution in [0.3, 0.4) is 0 Å². The van der Waals surface area contributed by atoms with E-state index >= 15 is 0 Å². The van der Waals surface area contributed by atoms with Gasteiger partial charge in [-0.25, -0.2) is 0 Å². The molecule has 1 saturated carbocycles. The predicted octanol–water partition coefficient (Wildman–Crippen LogP) is 1.13. The monoisotopic (exact) mass is 208 g/mol. The molecular formula is C12H20N2O. The number of likely N-dealkylation sites (N-methyl/N-ethyl adjacent to an activating group) is 1. The van der Waals surface area contributed by atoms with Gasteiger partial charge in [-0.05, 0) is 19.8 Å². The summed E-state index contributed by atoms with van der Waals surface area (Å²) in [5, 5.41) is 0. The molecule has 3 heteroatoms. The van der Waals surface area contributed by atoms with Crippen molar-refractivity contribution in [2.45, 2.75) is 51.1 Å². The molecule has 1 fully saturated rings. The molecule has 0 bridgehead atoms. The molecule has 1 rings (SSSR count). The van der Waals surface area contributed by atoms with E-state index in [1.165, 1.54) is 12.8 Å². The minimum absolute atomic E-state index is 0.0161. The molecule has 0 aromatic rings. The van der Waals surface area contributed by atoms with Gasteiger partial charge in [-0.1, -0.05) is 12.8 Å². The van der Waals surface area contributed by atoms with Crippen LogP contribution in [-0.2, 0) is 4.79 Å². The van der Waals surface area contributed by atoms with Gasteiger partial charge in [-0.15, -0.1) is 12.3 Å². The van der Waals surface area contributed by atoms with Gasteiger partial charge in [-0.2, -0.15) is 0 Å². The van der Waals surface area contributed by atoms with Crippen LogP contribution < -0.4 is 5.73 Å². The van der Waals surface area contributed by atoms with Crippen LogP contribution in [0.1, 0.15) is 39.0 Å². The van der Waals surface area contributed by atoms with Crippen molar-refractivity contribution in [3.05, 3.63) is 0 Å². The number of nitrogens with two attached hydrogens (primary N) is 1. The standard InChI is InChI=1S/C12H20N2O/c1-3-7-11(13)12(15)14(4-2)10-8-5-6-9-10/h1,10-11H,4-9,13H2,2H3. The molecule has 1 aliphatic rings. The van der Waals surface area contributed by atoms with Crippen LogP contribution >= 0.6 is 0 Å². The molecule has 0 heterocycles. The molecule has 1 aliphatic carbocycles. The molecule has 1 unspecified atom stereocenters. The van der Waals surface area contributed by atoms with Crippen molar-refractivity contribution in [3.8, 4) is 12.3 Å². The van der Waals surface area contributed by atoms with Crippen molar-refractivity contribution in [2.75, 3.05) is 6.54 Å². The highest BCUT2D eigenvalue weighted by atomic mass is 16.2. The minimum Gasteiger partial charge on any atom is -0.339 e. The lowest BCUT2D eigenvalue weighted by molar-refractivity contribution is -0.134. The number of hydrogen-bond donors (Lipinski definition) is 1. The van der Waals surface area contributed by atoms with Crippen molar-refractivity contribution in [2.24, 2.45) is 5.73 Å². The van der Waals surface area contributed by atoms with Gasteiger partial charge in [-0.3, -0.25) is 4.79 Å². The normalized spacial score (nSPS) is 18.5. The van der Waals surface area contributed by atoms with Crippen LogP contribution in [0, 0.1) is 12.3 Å². The molecule has 15 heavy (non-hydrogen) atoms. The number of carbonyl (C=O) groups excluding carboxylic acids is 1.